The molecule has 5 rings (SSSR count). The Labute approximate surface area is 203 Å². The third-order valence-corrected chi connectivity index (χ3v) is 7.91. The van der Waals surface area contributed by atoms with E-state index in [4.69, 9.17) is 0 Å². The summed E-state index contributed by atoms with van der Waals surface area (Å²) >= 11 is 0. The van der Waals surface area contributed by atoms with E-state index in [1.54, 1.807) is 0 Å². The molecule has 0 bridgehead atoms. The fourth-order valence-electron chi connectivity index (χ4n) is 6.17. The summed E-state index contributed by atoms with van der Waals surface area (Å²) in [6.45, 7) is 1.76. The highest BCUT2D eigenvalue weighted by Crippen LogP contribution is 2.54. The van der Waals surface area contributed by atoms with E-state index in [0.717, 1.165) is 11.6 Å². The predicted molar refractivity (Wildman–Crippen MR) is 118 cm³/mol. The van der Waals surface area contributed by atoms with E-state index in [2.05, 4.69) is 4.90 Å². The zero-order valence-corrected chi connectivity index (χ0v) is 19.2. The lowest BCUT2D eigenvalue weighted by Gasteiger charge is -2.37. The van der Waals surface area contributed by atoms with Crippen LogP contribution in [0.25, 0.3) is 0 Å². The summed E-state index contributed by atoms with van der Waals surface area (Å²) < 4.78 is 93.9. The number of benzene rings is 2. The summed E-state index contributed by atoms with van der Waals surface area (Å²) in [5.74, 6) is -0.0808. The second-order valence-electron chi connectivity index (χ2n) is 9.86. The number of rotatable bonds is 4. The Hall–Kier alpha value is -2.62. The molecule has 3 nitrogen and oxygen atoms in total. The molecular formula is C26H25F7N2O. The van der Waals surface area contributed by atoms with Crippen molar-refractivity contribution in [2.75, 3.05) is 13.1 Å². The number of likely N-dealkylation sites (tertiary alicyclic amines) is 2. The van der Waals surface area contributed by atoms with Gasteiger partial charge in [0.25, 0.3) is 0 Å². The molecule has 0 radical (unpaired) electrons. The SMILES string of the molecule is O=C1C(N2CC[C@H]3c4ccc(C(F)(C(F)(F)F)C(F)(F)F)cc4CCC32)CCN1Cc1ccccc1. The molecule has 2 aromatic carbocycles. The third-order valence-electron chi connectivity index (χ3n) is 7.91. The van der Waals surface area contributed by atoms with Gasteiger partial charge in [-0.3, -0.25) is 9.69 Å². The van der Waals surface area contributed by atoms with Gasteiger partial charge in [-0.1, -0.05) is 48.5 Å². The topological polar surface area (TPSA) is 23.6 Å². The second kappa shape index (κ2) is 8.75. The molecule has 194 valence electrons. The van der Waals surface area contributed by atoms with Crippen LogP contribution in [-0.2, 0) is 23.4 Å². The van der Waals surface area contributed by atoms with Crippen molar-refractivity contribution in [1.29, 1.82) is 0 Å². The molecule has 36 heavy (non-hydrogen) atoms. The van der Waals surface area contributed by atoms with Crippen molar-refractivity contribution in [3.8, 4) is 0 Å². The molecule has 1 amide bonds. The van der Waals surface area contributed by atoms with Gasteiger partial charge in [-0.2, -0.15) is 26.3 Å². The Bertz CT molecular complexity index is 1120. The van der Waals surface area contributed by atoms with Crippen LogP contribution >= 0.6 is 0 Å². The maximum Gasteiger partial charge on any atom is 0.435 e. The number of hydrogen-bond acceptors (Lipinski definition) is 2. The van der Waals surface area contributed by atoms with Crippen molar-refractivity contribution in [1.82, 2.24) is 9.80 Å². The van der Waals surface area contributed by atoms with Crippen LogP contribution in [0.15, 0.2) is 48.5 Å². The Morgan fingerprint density at radius 1 is 0.833 bits per heavy atom. The molecule has 2 saturated heterocycles. The van der Waals surface area contributed by atoms with Gasteiger partial charge in [0.2, 0.25) is 5.91 Å². The smallest absolute Gasteiger partial charge is 0.337 e. The summed E-state index contributed by atoms with van der Waals surface area (Å²) in [6.07, 6.45) is -10.2. The highest BCUT2D eigenvalue weighted by Gasteiger charge is 2.73. The zero-order chi connectivity index (χ0) is 25.9. The van der Waals surface area contributed by atoms with Gasteiger partial charge in [0.05, 0.1) is 6.04 Å². The third kappa shape index (κ3) is 3.97. The summed E-state index contributed by atoms with van der Waals surface area (Å²) in [5, 5.41) is 0. The minimum Gasteiger partial charge on any atom is -0.337 e. The fourth-order valence-corrected chi connectivity index (χ4v) is 6.17. The van der Waals surface area contributed by atoms with Gasteiger partial charge in [-0.25, -0.2) is 4.39 Å². The van der Waals surface area contributed by atoms with Crippen molar-refractivity contribution in [3.63, 3.8) is 0 Å². The average molecular weight is 514 g/mol. The van der Waals surface area contributed by atoms with Crippen LogP contribution in [-0.4, -0.2) is 53.2 Å². The maximum absolute atomic E-state index is 14.6. The van der Waals surface area contributed by atoms with Crippen LogP contribution in [0.4, 0.5) is 30.7 Å². The van der Waals surface area contributed by atoms with Crippen LogP contribution in [0.3, 0.4) is 0 Å². The Morgan fingerprint density at radius 3 is 2.19 bits per heavy atom. The summed E-state index contributed by atoms with van der Waals surface area (Å²) in [5.41, 5.74) is -4.86. The molecule has 10 heteroatoms. The number of amides is 1. The van der Waals surface area contributed by atoms with Crippen LogP contribution in [0.2, 0.25) is 0 Å². The quantitative estimate of drug-likeness (QED) is 0.476. The van der Waals surface area contributed by atoms with Gasteiger partial charge in [-0.15, -0.1) is 0 Å². The number of alkyl halides is 7. The lowest BCUT2D eigenvalue weighted by atomic mass is 9.77. The monoisotopic (exact) mass is 514 g/mol. The van der Waals surface area contributed by atoms with E-state index in [0.29, 0.717) is 56.1 Å². The molecule has 2 aromatic rings. The largest absolute Gasteiger partial charge is 0.435 e. The van der Waals surface area contributed by atoms with Crippen molar-refractivity contribution < 1.29 is 35.5 Å². The number of hydrogen-bond donors (Lipinski definition) is 0. The van der Waals surface area contributed by atoms with E-state index in [1.807, 2.05) is 35.2 Å². The average Bonchev–Trinajstić information content (AvgIpc) is 3.40. The van der Waals surface area contributed by atoms with E-state index in [1.165, 1.54) is 6.07 Å². The maximum atomic E-state index is 14.6. The van der Waals surface area contributed by atoms with Gasteiger partial charge >= 0.3 is 18.0 Å². The molecule has 0 N–H and O–H groups in total. The molecule has 2 aliphatic heterocycles. The lowest BCUT2D eigenvalue weighted by Crippen LogP contribution is -2.50. The van der Waals surface area contributed by atoms with Crippen molar-refractivity contribution in [2.45, 2.75) is 68.3 Å². The van der Waals surface area contributed by atoms with Crippen LogP contribution in [0.1, 0.15) is 47.4 Å². The van der Waals surface area contributed by atoms with E-state index in [9.17, 15) is 35.5 Å². The standard InChI is InChI=1S/C26H25F7N2O/c27-24(25(28,29)30,26(31,32)33)18-7-8-19-17(14-18)6-9-21-20(19)10-13-35(21)22-11-12-34(23(22)36)15-16-4-2-1-3-5-16/h1-5,7-8,14,20-22H,6,9-13,15H2/t20-,21?,22?/m0/s1. The second-order valence-corrected chi connectivity index (χ2v) is 9.86. The highest BCUT2D eigenvalue weighted by molar-refractivity contribution is 5.84. The first-order valence-corrected chi connectivity index (χ1v) is 12.0. The Balaban J connectivity index is 1.35. The first kappa shape index (κ1) is 25.0. The zero-order valence-electron chi connectivity index (χ0n) is 19.2. The van der Waals surface area contributed by atoms with Crippen LogP contribution < -0.4 is 0 Å². The fraction of sp³-hybridized carbons (Fsp3) is 0.500. The summed E-state index contributed by atoms with van der Waals surface area (Å²) in [7, 11) is 0. The van der Waals surface area contributed by atoms with Crippen molar-refractivity contribution in [3.05, 3.63) is 70.8 Å². The van der Waals surface area contributed by atoms with E-state index in [-0.39, 0.29) is 30.3 Å². The predicted octanol–water partition coefficient (Wildman–Crippen LogP) is 5.88. The molecule has 2 fully saturated rings. The number of halogens is 7. The van der Waals surface area contributed by atoms with Crippen LogP contribution in [0, 0.1) is 0 Å². The minimum absolute atomic E-state index is 0.0330. The van der Waals surface area contributed by atoms with Gasteiger partial charge in [0.1, 0.15) is 0 Å². The number of aryl methyl sites for hydroxylation is 1. The normalized spacial score (nSPS) is 25.2. The van der Waals surface area contributed by atoms with Gasteiger partial charge in [-0.05, 0) is 48.9 Å². The van der Waals surface area contributed by atoms with Crippen LogP contribution in [0.5, 0.6) is 0 Å². The molecular weight excluding hydrogens is 489 g/mol. The van der Waals surface area contributed by atoms with Crippen molar-refractivity contribution >= 4 is 5.91 Å². The molecule has 2 unspecified atom stereocenters. The van der Waals surface area contributed by atoms with Gasteiger partial charge < -0.3 is 4.90 Å². The number of carbonyl (C=O) groups is 1. The number of nitrogens with zero attached hydrogens (tertiary/aromatic N) is 2. The molecule has 0 spiro atoms. The molecule has 2 heterocycles. The number of carbonyl (C=O) groups excluding carboxylic acids is 1. The van der Waals surface area contributed by atoms with Gasteiger partial charge in [0, 0.05) is 30.6 Å². The summed E-state index contributed by atoms with van der Waals surface area (Å²) in [6, 6.07) is 11.9. The van der Waals surface area contributed by atoms with Gasteiger partial charge in [0.15, 0.2) is 0 Å². The van der Waals surface area contributed by atoms with Crippen molar-refractivity contribution in [2.24, 2.45) is 0 Å². The number of fused-ring (bicyclic) bond motifs is 3. The highest BCUT2D eigenvalue weighted by atomic mass is 19.4. The Kier molecular flexibility index (Phi) is 6.08. The molecule has 3 aliphatic rings. The first-order chi connectivity index (χ1) is 16.9. The Morgan fingerprint density at radius 2 is 1.53 bits per heavy atom. The lowest BCUT2D eigenvalue weighted by molar-refractivity contribution is -0.348. The molecule has 0 aromatic heterocycles. The first-order valence-electron chi connectivity index (χ1n) is 12.0. The summed E-state index contributed by atoms with van der Waals surface area (Å²) in [4.78, 5) is 17.2. The molecule has 1 aliphatic carbocycles. The van der Waals surface area contributed by atoms with E-state index >= 15 is 0 Å². The molecule has 3 atom stereocenters. The molecule has 0 saturated carbocycles. The minimum atomic E-state index is -6.13. The van der Waals surface area contributed by atoms with E-state index < -0.39 is 23.6 Å².